The monoisotopic (exact) mass is 908 g/mol. The fourth-order valence-corrected chi connectivity index (χ4v) is 8.38. The highest BCUT2D eigenvalue weighted by Crippen LogP contribution is 2.32. The Morgan fingerprint density at radius 1 is 0.926 bits per heavy atom. The molecule has 0 aromatic carbocycles. The number of esters is 2. The summed E-state index contributed by atoms with van der Waals surface area (Å²) in [6, 6.07) is 0. The van der Waals surface area contributed by atoms with Crippen molar-refractivity contribution in [2.24, 2.45) is 5.16 Å². The van der Waals surface area contributed by atoms with Gasteiger partial charge < -0.3 is 19.1 Å². The van der Waals surface area contributed by atoms with E-state index < -0.39 is 39.8 Å². The van der Waals surface area contributed by atoms with Crippen LogP contribution in [0.3, 0.4) is 0 Å². The third-order valence-electron chi connectivity index (χ3n) is 5.70. The molecule has 4 aromatic rings. The number of carbonyl (C=O) groups is 2. The summed E-state index contributed by atoms with van der Waals surface area (Å²) in [6.07, 6.45) is 1.09. The van der Waals surface area contributed by atoms with E-state index in [0.717, 1.165) is 36.8 Å². The quantitative estimate of drug-likeness (QED) is 0.0800. The van der Waals surface area contributed by atoms with Crippen LogP contribution in [-0.4, -0.2) is 87.5 Å². The zero-order chi connectivity index (χ0) is 40.5. The molecular weight excluding hydrogens is 880 g/mol. The first-order chi connectivity index (χ1) is 25.8. The molecule has 2 atom stereocenters. The lowest BCUT2D eigenvalue weighted by Gasteiger charge is -2.07. The van der Waals surface area contributed by atoms with Gasteiger partial charge in [0.1, 0.15) is 38.9 Å². The highest BCUT2D eigenvalue weighted by Gasteiger charge is 2.26. The smallest absolute Gasteiger partial charge is 0.386 e. The largest absolute Gasteiger partial charge is 0.462 e. The van der Waals surface area contributed by atoms with Gasteiger partial charge in [-0.1, -0.05) is 37.0 Å². The molecule has 0 amide bonds. The predicted molar refractivity (Wildman–Crippen MR) is 205 cm³/mol. The molecule has 0 saturated carbocycles. The summed E-state index contributed by atoms with van der Waals surface area (Å²) < 4.78 is 46.1. The van der Waals surface area contributed by atoms with Crippen LogP contribution in [-0.2, 0) is 53.0 Å². The van der Waals surface area contributed by atoms with Gasteiger partial charge in [0.2, 0.25) is 16.2 Å². The number of nitrogens with one attached hydrogen (secondary N) is 2. The fraction of sp³-hybridized carbons (Fsp3) is 0.385. The van der Waals surface area contributed by atoms with Crippen LogP contribution in [0.15, 0.2) is 35.3 Å². The number of thiocarbonyl (C=S) groups is 2. The van der Waals surface area contributed by atoms with E-state index in [2.05, 4.69) is 42.4 Å². The highest BCUT2D eigenvalue weighted by molar-refractivity contribution is 7.81. The zero-order valence-electron chi connectivity index (χ0n) is 28.8. The molecule has 0 aliphatic heterocycles. The molecule has 2 unspecified atom stereocenters. The van der Waals surface area contributed by atoms with Gasteiger partial charge in [-0.25, -0.2) is 38.2 Å². The zero-order valence-corrected chi connectivity index (χ0v) is 35.2. The molecule has 4 aromatic heterocycles. The number of aromatic amines is 1. The van der Waals surface area contributed by atoms with Gasteiger partial charge in [0.15, 0.2) is 11.6 Å². The predicted octanol–water partition coefficient (Wildman–Crippen LogP) is 2.76. The summed E-state index contributed by atoms with van der Waals surface area (Å²) in [4.78, 5) is 56.1. The summed E-state index contributed by atoms with van der Waals surface area (Å²) >= 11 is 18.8. The van der Waals surface area contributed by atoms with Crippen molar-refractivity contribution in [2.45, 2.75) is 50.3 Å². The molecule has 54 heavy (non-hydrogen) atoms. The van der Waals surface area contributed by atoms with Crippen molar-refractivity contribution in [3.63, 3.8) is 0 Å². The number of nitrogens with zero attached hydrogens (tertiary/aromatic N) is 6. The number of ether oxygens (including phenoxy) is 2. The molecule has 296 valence electrons. The van der Waals surface area contributed by atoms with Crippen LogP contribution in [0.1, 0.15) is 58.7 Å². The van der Waals surface area contributed by atoms with Gasteiger partial charge >= 0.3 is 23.3 Å². The Kier molecular flexibility index (Phi) is 19.9. The number of isothiocyanates is 1. The first kappa shape index (κ1) is 46.3. The van der Waals surface area contributed by atoms with Crippen molar-refractivity contribution in [1.82, 2.24) is 34.9 Å². The molecular formula is C26H30Cl2N8O12S6. The second-order valence-electron chi connectivity index (χ2n) is 8.86. The Balaban J connectivity index is 0.000000316. The molecule has 2 N–H and O–H groups in total. The minimum Gasteiger partial charge on any atom is -0.462 e. The SMILES string of the molecule is CCOC(=O)c1scc(Cl)c1S(=O)ON=C=S.CCOC(=O)c1scc(Cl)c1S(=O)ONC(=S)n1nc(CC)n(OC)c1=O.CCc1n[nH]c(=O)n1OC. The van der Waals surface area contributed by atoms with Crippen LogP contribution < -0.4 is 26.5 Å². The maximum Gasteiger partial charge on any atom is 0.386 e. The second-order valence-corrected chi connectivity index (χ2v) is 14.1. The maximum absolute atomic E-state index is 12.4. The number of aryl methyl sites for hydroxylation is 2. The fourth-order valence-electron chi connectivity index (χ4n) is 3.54. The molecule has 20 nitrogen and oxygen atoms in total. The van der Waals surface area contributed by atoms with E-state index in [9.17, 15) is 27.6 Å². The summed E-state index contributed by atoms with van der Waals surface area (Å²) in [5.74, 6) is -0.347. The van der Waals surface area contributed by atoms with Gasteiger partial charge in [0.05, 0.1) is 23.3 Å². The third-order valence-corrected chi connectivity index (χ3v) is 11.3. The van der Waals surface area contributed by atoms with Gasteiger partial charge in [0.25, 0.3) is 11.1 Å². The van der Waals surface area contributed by atoms with Crippen molar-refractivity contribution < 1.29 is 45.7 Å². The van der Waals surface area contributed by atoms with E-state index in [0.29, 0.717) is 24.5 Å². The highest BCUT2D eigenvalue weighted by atomic mass is 35.5. The Morgan fingerprint density at radius 2 is 1.44 bits per heavy atom. The molecule has 0 saturated heterocycles. The summed E-state index contributed by atoms with van der Waals surface area (Å²) in [7, 11) is 2.74. The minimum atomic E-state index is -2.20. The van der Waals surface area contributed by atoms with Crippen LogP contribution in [0.25, 0.3) is 0 Å². The van der Waals surface area contributed by atoms with Gasteiger partial charge in [0, 0.05) is 23.6 Å². The lowest BCUT2D eigenvalue weighted by atomic mass is 10.5. The Morgan fingerprint density at radius 3 is 1.87 bits per heavy atom. The van der Waals surface area contributed by atoms with Gasteiger partial charge in [-0.15, -0.1) is 41.9 Å². The number of halogens is 2. The van der Waals surface area contributed by atoms with E-state index in [1.54, 1.807) is 20.8 Å². The third kappa shape index (κ3) is 12.1. The summed E-state index contributed by atoms with van der Waals surface area (Å²) in [5, 5.41) is 17.8. The lowest BCUT2D eigenvalue weighted by Crippen LogP contribution is -2.38. The van der Waals surface area contributed by atoms with Crippen molar-refractivity contribution in [1.29, 1.82) is 0 Å². The van der Waals surface area contributed by atoms with Gasteiger partial charge in [-0.05, 0) is 43.4 Å². The number of hydrogen-bond donors (Lipinski definition) is 2. The minimum absolute atomic E-state index is 0.0316. The normalized spacial score (nSPS) is 11.3. The van der Waals surface area contributed by atoms with Crippen molar-refractivity contribution >= 4 is 115 Å². The molecule has 0 aliphatic carbocycles. The molecule has 4 heterocycles. The number of carbonyl (C=O) groups excluding carboxylic acids is 2. The summed E-state index contributed by atoms with van der Waals surface area (Å²) in [6.45, 7) is 7.33. The molecule has 0 bridgehead atoms. The second kappa shape index (κ2) is 23.2. The van der Waals surface area contributed by atoms with Crippen molar-refractivity contribution in [2.75, 3.05) is 27.4 Å². The van der Waals surface area contributed by atoms with Gasteiger partial charge in [-0.3, -0.25) is 4.28 Å². The molecule has 28 heteroatoms. The lowest BCUT2D eigenvalue weighted by molar-refractivity contribution is 0.0518. The van der Waals surface area contributed by atoms with E-state index in [1.807, 2.05) is 12.1 Å². The average molecular weight is 910 g/mol. The first-order valence-corrected chi connectivity index (χ1v) is 20.1. The molecule has 0 fully saturated rings. The molecule has 0 radical (unpaired) electrons. The number of aromatic nitrogens is 6. The van der Waals surface area contributed by atoms with Crippen molar-refractivity contribution in [3.05, 3.63) is 63.2 Å². The molecule has 0 spiro atoms. The van der Waals surface area contributed by atoms with Gasteiger partial charge in [-0.2, -0.15) is 9.38 Å². The van der Waals surface area contributed by atoms with Crippen LogP contribution in [0.5, 0.6) is 0 Å². The van der Waals surface area contributed by atoms with E-state index in [4.69, 9.17) is 58.9 Å². The van der Waals surface area contributed by atoms with E-state index >= 15 is 0 Å². The Hall–Kier alpha value is -3.85. The van der Waals surface area contributed by atoms with Crippen LogP contribution in [0, 0.1) is 0 Å². The van der Waals surface area contributed by atoms with Crippen molar-refractivity contribution in [3.8, 4) is 0 Å². The average Bonchev–Trinajstić information content (AvgIpc) is 3.93. The molecule has 4 rings (SSSR count). The van der Waals surface area contributed by atoms with E-state index in [1.165, 1.54) is 25.0 Å². The Labute approximate surface area is 339 Å². The first-order valence-electron chi connectivity index (χ1n) is 14.7. The van der Waals surface area contributed by atoms with Crippen LogP contribution >= 0.6 is 70.3 Å². The maximum atomic E-state index is 12.4. The number of thiophene rings is 2. The number of rotatable bonds is 14. The number of H-pyrrole nitrogens is 1. The topological polar surface area (TPSA) is 239 Å². The number of hydrogen-bond acceptors (Lipinski definition) is 19. The Bertz CT molecular complexity index is 2140. The standard InChI is InChI=1S/C13H15ClN4O6S3.C8H6ClNO4S3.C5H9N3O2/c1-4-8-15-17(13(20)18(8)22-3)12(25)16-24-27(21)10-7(14)6-26-9(10)11(19)23-5-2;1-2-13-8(11)6-7(5(9)3-16-6)17(12)14-10-4-15;1-3-4-6-7-5(9)8(4)10-2/h6H,4-5H2,1-3H3,(H,16,25);3H,2H2,1H3;3H2,1-2H3,(H,7,9). The summed E-state index contributed by atoms with van der Waals surface area (Å²) in [5.41, 5.74) is 1.20. The number of hydroxylamine groups is 1. The van der Waals surface area contributed by atoms with Crippen LogP contribution in [0.2, 0.25) is 10.0 Å². The molecule has 0 aliphatic rings. The van der Waals surface area contributed by atoms with E-state index in [-0.39, 0.29) is 53.6 Å². The van der Waals surface area contributed by atoms with Crippen LogP contribution in [0.4, 0.5) is 0 Å².